The van der Waals surface area contributed by atoms with Crippen LogP contribution < -0.4 is 5.32 Å². The smallest absolute Gasteiger partial charge is 0.0670 e. The first-order valence-electron chi connectivity index (χ1n) is 6.92. The first kappa shape index (κ1) is 11.6. The van der Waals surface area contributed by atoms with Crippen molar-refractivity contribution in [2.45, 2.75) is 39.2 Å². The monoisotopic (exact) mass is 243 g/mol. The Balaban J connectivity index is 1.75. The van der Waals surface area contributed by atoms with Crippen molar-refractivity contribution in [3.05, 3.63) is 24.4 Å². The Bertz CT molecular complexity index is 531. The van der Waals surface area contributed by atoms with Gasteiger partial charge < -0.3 is 5.32 Å². The summed E-state index contributed by atoms with van der Waals surface area (Å²) in [6.45, 7) is 4.73. The van der Waals surface area contributed by atoms with Crippen molar-refractivity contribution in [2.75, 3.05) is 5.32 Å². The number of aromatic nitrogens is 2. The van der Waals surface area contributed by atoms with Crippen LogP contribution in [0.3, 0.4) is 0 Å². The van der Waals surface area contributed by atoms with Crippen LogP contribution in [0.2, 0.25) is 0 Å². The molecule has 3 nitrogen and oxygen atoms in total. The van der Waals surface area contributed by atoms with Gasteiger partial charge in [-0.25, -0.2) is 0 Å². The number of aromatic amines is 1. The molecule has 0 radical (unpaired) electrons. The van der Waals surface area contributed by atoms with Gasteiger partial charge in [0.2, 0.25) is 0 Å². The molecule has 1 aliphatic rings. The number of H-pyrrole nitrogens is 1. The molecule has 1 aromatic heterocycles. The molecule has 0 aliphatic heterocycles. The van der Waals surface area contributed by atoms with E-state index in [1.54, 1.807) is 0 Å². The topological polar surface area (TPSA) is 40.7 Å². The maximum atomic E-state index is 4.06. The molecule has 18 heavy (non-hydrogen) atoms. The van der Waals surface area contributed by atoms with Gasteiger partial charge in [-0.2, -0.15) is 5.10 Å². The summed E-state index contributed by atoms with van der Waals surface area (Å²) in [6.07, 6.45) is 5.83. The first-order valence-corrected chi connectivity index (χ1v) is 6.92. The van der Waals surface area contributed by atoms with Crippen LogP contribution in [0.1, 0.15) is 33.1 Å². The molecule has 3 unspecified atom stereocenters. The summed E-state index contributed by atoms with van der Waals surface area (Å²) in [5.74, 6) is 1.64. The first-order chi connectivity index (χ1) is 8.72. The lowest BCUT2D eigenvalue weighted by Gasteiger charge is -2.33. The molecule has 0 spiro atoms. The second-order valence-electron chi connectivity index (χ2n) is 5.82. The maximum absolute atomic E-state index is 4.06. The van der Waals surface area contributed by atoms with Gasteiger partial charge in [-0.1, -0.05) is 13.8 Å². The fraction of sp³-hybridized carbons (Fsp3) is 0.533. The van der Waals surface area contributed by atoms with E-state index in [-0.39, 0.29) is 0 Å². The molecule has 3 heteroatoms. The van der Waals surface area contributed by atoms with E-state index in [1.807, 2.05) is 6.20 Å². The highest BCUT2D eigenvalue weighted by molar-refractivity contribution is 5.81. The summed E-state index contributed by atoms with van der Waals surface area (Å²) in [7, 11) is 0. The SMILES string of the molecule is CC1CCC(Nc2ccc3cn[nH]c3c2)C(C)C1. The molecule has 2 N–H and O–H groups in total. The zero-order chi connectivity index (χ0) is 12.5. The molecule has 2 aromatic rings. The predicted molar refractivity (Wildman–Crippen MR) is 75.7 cm³/mol. The predicted octanol–water partition coefficient (Wildman–Crippen LogP) is 3.80. The summed E-state index contributed by atoms with van der Waals surface area (Å²) in [4.78, 5) is 0. The summed E-state index contributed by atoms with van der Waals surface area (Å²) in [5, 5.41) is 11.9. The number of nitrogens with zero attached hydrogens (tertiary/aromatic N) is 1. The van der Waals surface area contributed by atoms with Crippen LogP contribution in [0, 0.1) is 11.8 Å². The van der Waals surface area contributed by atoms with E-state index < -0.39 is 0 Å². The Kier molecular flexibility index (Phi) is 2.98. The molecule has 96 valence electrons. The molecular weight excluding hydrogens is 222 g/mol. The van der Waals surface area contributed by atoms with E-state index in [0.717, 1.165) is 17.4 Å². The molecule has 3 atom stereocenters. The molecule has 1 saturated carbocycles. The Morgan fingerprint density at radius 1 is 1.28 bits per heavy atom. The number of fused-ring (bicyclic) bond motifs is 1. The zero-order valence-electron chi connectivity index (χ0n) is 11.1. The zero-order valence-corrected chi connectivity index (χ0v) is 11.1. The quantitative estimate of drug-likeness (QED) is 0.842. The molecule has 1 fully saturated rings. The van der Waals surface area contributed by atoms with Crippen molar-refractivity contribution in [1.82, 2.24) is 10.2 Å². The Labute approximate surface area is 108 Å². The third kappa shape index (κ3) is 2.22. The van der Waals surface area contributed by atoms with E-state index in [1.165, 1.54) is 30.3 Å². The van der Waals surface area contributed by atoms with Gasteiger partial charge in [0.15, 0.2) is 0 Å². The molecule has 3 rings (SSSR count). The second kappa shape index (κ2) is 4.63. The fourth-order valence-electron chi connectivity index (χ4n) is 3.12. The third-order valence-electron chi connectivity index (χ3n) is 4.23. The molecule has 1 aliphatic carbocycles. The lowest BCUT2D eigenvalue weighted by Crippen LogP contribution is -2.32. The van der Waals surface area contributed by atoms with Gasteiger partial charge in [-0.05, 0) is 49.3 Å². The van der Waals surface area contributed by atoms with Crippen LogP contribution in [0.25, 0.3) is 10.9 Å². The maximum Gasteiger partial charge on any atom is 0.0670 e. The summed E-state index contributed by atoms with van der Waals surface area (Å²) in [5.41, 5.74) is 2.31. The van der Waals surface area contributed by atoms with Crippen LogP contribution in [0.5, 0.6) is 0 Å². The standard InChI is InChI=1S/C15H21N3/c1-10-3-6-14(11(2)7-10)17-13-5-4-12-9-16-18-15(12)8-13/h4-5,8-11,14,17H,3,6-7H2,1-2H3,(H,16,18). The van der Waals surface area contributed by atoms with Crippen molar-refractivity contribution >= 4 is 16.6 Å². The van der Waals surface area contributed by atoms with Crippen LogP contribution in [0.4, 0.5) is 5.69 Å². The Hall–Kier alpha value is -1.51. The number of nitrogens with one attached hydrogen (secondary N) is 2. The van der Waals surface area contributed by atoms with Crippen LogP contribution in [-0.2, 0) is 0 Å². The fourth-order valence-corrected chi connectivity index (χ4v) is 3.12. The van der Waals surface area contributed by atoms with Gasteiger partial charge in [0.1, 0.15) is 0 Å². The van der Waals surface area contributed by atoms with E-state index in [9.17, 15) is 0 Å². The van der Waals surface area contributed by atoms with Gasteiger partial charge in [-0.3, -0.25) is 5.10 Å². The van der Waals surface area contributed by atoms with Gasteiger partial charge in [0.05, 0.1) is 11.7 Å². The van der Waals surface area contributed by atoms with E-state index in [0.29, 0.717) is 6.04 Å². The number of rotatable bonds is 2. The van der Waals surface area contributed by atoms with Gasteiger partial charge in [-0.15, -0.1) is 0 Å². The van der Waals surface area contributed by atoms with E-state index >= 15 is 0 Å². The summed E-state index contributed by atoms with van der Waals surface area (Å²) in [6, 6.07) is 7.05. The number of hydrogen-bond acceptors (Lipinski definition) is 2. The van der Waals surface area contributed by atoms with Crippen molar-refractivity contribution in [1.29, 1.82) is 0 Å². The molecule has 0 bridgehead atoms. The van der Waals surface area contributed by atoms with Gasteiger partial charge in [0.25, 0.3) is 0 Å². The van der Waals surface area contributed by atoms with Crippen molar-refractivity contribution in [3.8, 4) is 0 Å². The number of hydrogen-bond donors (Lipinski definition) is 2. The second-order valence-corrected chi connectivity index (χ2v) is 5.82. The summed E-state index contributed by atoms with van der Waals surface area (Å²) >= 11 is 0. The van der Waals surface area contributed by atoms with Crippen molar-refractivity contribution in [2.24, 2.45) is 11.8 Å². The molecule has 0 saturated heterocycles. The third-order valence-corrected chi connectivity index (χ3v) is 4.23. The minimum atomic E-state index is 0.613. The normalized spacial score (nSPS) is 28.4. The van der Waals surface area contributed by atoms with Gasteiger partial charge >= 0.3 is 0 Å². The highest BCUT2D eigenvalue weighted by atomic mass is 15.1. The van der Waals surface area contributed by atoms with Crippen molar-refractivity contribution in [3.63, 3.8) is 0 Å². The highest BCUT2D eigenvalue weighted by Gasteiger charge is 2.25. The Morgan fingerprint density at radius 3 is 3.00 bits per heavy atom. The number of anilines is 1. The molecule has 0 amide bonds. The average Bonchev–Trinajstić information content (AvgIpc) is 2.80. The highest BCUT2D eigenvalue weighted by Crippen LogP contribution is 2.31. The van der Waals surface area contributed by atoms with Gasteiger partial charge in [0, 0.05) is 17.1 Å². The van der Waals surface area contributed by atoms with Crippen LogP contribution in [0.15, 0.2) is 24.4 Å². The van der Waals surface area contributed by atoms with Crippen LogP contribution >= 0.6 is 0 Å². The molecule has 1 aromatic carbocycles. The summed E-state index contributed by atoms with van der Waals surface area (Å²) < 4.78 is 0. The lowest BCUT2D eigenvalue weighted by molar-refractivity contribution is 0.276. The largest absolute Gasteiger partial charge is 0.382 e. The minimum Gasteiger partial charge on any atom is -0.382 e. The van der Waals surface area contributed by atoms with E-state index in [2.05, 4.69) is 47.6 Å². The lowest BCUT2D eigenvalue weighted by atomic mass is 9.80. The Morgan fingerprint density at radius 2 is 2.17 bits per heavy atom. The molecule has 1 heterocycles. The average molecular weight is 243 g/mol. The minimum absolute atomic E-state index is 0.613. The van der Waals surface area contributed by atoms with Crippen molar-refractivity contribution < 1.29 is 0 Å². The van der Waals surface area contributed by atoms with Crippen LogP contribution in [-0.4, -0.2) is 16.2 Å². The number of benzene rings is 1. The molecular formula is C15H21N3. The van der Waals surface area contributed by atoms with E-state index in [4.69, 9.17) is 0 Å².